The molecule has 1 aliphatic heterocycles. The van der Waals surface area contributed by atoms with E-state index < -0.39 is 0 Å². The summed E-state index contributed by atoms with van der Waals surface area (Å²) in [6, 6.07) is 0. The molecule has 0 aliphatic carbocycles. The van der Waals surface area contributed by atoms with Gasteiger partial charge in [-0.2, -0.15) is 11.8 Å². The van der Waals surface area contributed by atoms with Crippen LogP contribution in [-0.4, -0.2) is 41.6 Å². The maximum Gasteiger partial charge on any atom is 0.0231 e. The molecule has 0 atom stereocenters. The second-order valence-electron chi connectivity index (χ2n) is 5.69. The Bertz CT molecular complexity index is 190. The molecule has 2 nitrogen and oxygen atoms in total. The van der Waals surface area contributed by atoms with Crippen LogP contribution in [0.3, 0.4) is 0 Å². The average Bonchev–Trinajstić information content (AvgIpc) is 2.01. The molecule has 1 fully saturated rings. The Morgan fingerprint density at radius 3 is 2.57 bits per heavy atom. The molecule has 0 saturated carbocycles. The summed E-state index contributed by atoms with van der Waals surface area (Å²) in [6.45, 7) is 13.5. The minimum atomic E-state index is 0.262. The number of rotatable bonds is 3. The van der Waals surface area contributed by atoms with Crippen LogP contribution in [0.5, 0.6) is 0 Å². The van der Waals surface area contributed by atoms with Crippen molar-refractivity contribution in [2.24, 2.45) is 11.1 Å². The molecule has 0 aromatic heterocycles. The zero-order valence-corrected chi connectivity index (χ0v) is 10.8. The fourth-order valence-electron chi connectivity index (χ4n) is 1.92. The lowest BCUT2D eigenvalue weighted by Gasteiger charge is -2.41. The summed E-state index contributed by atoms with van der Waals surface area (Å²) in [6.07, 6.45) is 0. The van der Waals surface area contributed by atoms with Crippen LogP contribution in [0.15, 0.2) is 0 Å². The second kappa shape index (κ2) is 4.42. The van der Waals surface area contributed by atoms with Crippen molar-refractivity contribution in [2.45, 2.75) is 32.4 Å². The second-order valence-corrected chi connectivity index (χ2v) is 7.49. The number of hydrogen-bond donors (Lipinski definition) is 1. The van der Waals surface area contributed by atoms with Gasteiger partial charge in [-0.15, -0.1) is 0 Å². The molecule has 2 N–H and O–H groups in total. The Kier molecular flexibility index (Phi) is 3.89. The fourth-order valence-corrected chi connectivity index (χ4v) is 3.10. The van der Waals surface area contributed by atoms with Gasteiger partial charge in [0.05, 0.1) is 0 Å². The summed E-state index contributed by atoms with van der Waals surface area (Å²) in [5.74, 6) is 1.26. The lowest BCUT2D eigenvalue weighted by atomic mass is 9.92. The molecular weight excluding hydrogens is 192 g/mol. The SMILES string of the molecule is CC(C)(CN)CN1CCSC(C)(C)C1. The van der Waals surface area contributed by atoms with Crippen LogP contribution in [0.1, 0.15) is 27.7 Å². The molecule has 0 amide bonds. The van der Waals surface area contributed by atoms with Gasteiger partial charge in [0, 0.05) is 30.1 Å². The Balaban J connectivity index is 2.46. The third-order valence-electron chi connectivity index (χ3n) is 2.71. The van der Waals surface area contributed by atoms with Gasteiger partial charge in [0.25, 0.3) is 0 Å². The van der Waals surface area contributed by atoms with Crippen molar-refractivity contribution < 1.29 is 0 Å². The standard InChI is InChI=1S/C11H24N2S/c1-10(2,7-12)8-13-5-6-14-11(3,4)9-13/h5-9,12H2,1-4H3. The predicted octanol–water partition coefficient (Wildman–Crippen LogP) is 1.80. The summed E-state index contributed by atoms with van der Waals surface area (Å²) < 4.78 is 0.420. The first-order chi connectivity index (χ1) is 6.35. The van der Waals surface area contributed by atoms with Gasteiger partial charge in [-0.1, -0.05) is 13.8 Å². The summed E-state index contributed by atoms with van der Waals surface area (Å²) in [5, 5.41) is 0. The normalized spacial score (nSPS) is 23.8. The van der Waals surface area contributed by atoms with Gasteiger partial charge in [-0.25, -0.2) is 0 Å². The Hall–Kier alpha value is 0.270. The molecule has 0 radical (unpaired) electrons. The minimum absolute atomic E-state index is 0.262. The van der Waals surface area contributed by atoms with Gasteiger partial charge >= 0.3 is 0 Å². The number of nitrogens with two attached hydrogens (primary N) is 1. The smallest absolute Gasteiger partial charge is 0.0231 e. The van der Waals surface area contributed by atoms with Gasteiger partial charge < -0.3 is 10.6 Å². The molecule has 1 saturated heterocycles. The van der Waals surface area contributed by atoms with Crippen LogP contribution in [0.4, 0.5) is 0 Å². The van der Waals surface area contributed by atoms with Crippen molar-refractivity contribution in [3.05, 3.63) is 0 Å². The van der Waals surface area contributed by atoms with Crippen LogP contribution in [0.25, 0.3) is 0 Å². The zero-order valence-electron chi connectivity index (χ0n) is 9.97. The maximum absolute atomic E-state index is 5.76. The molecule has 14 heavy (non-hydrogen) atoms. The highest BCUT2D eigenvalue weighted by Crippen LogP contribution is 2.30. The van der Waals surface area contributed by atoms with E-state index in [2.05, 4.69) is 44.4 Å². The molecule has 0 bridgehead atoms. The molecule has 0 unspecified atom stereocenters. The van der Waals surface area contributed by atoms with Gasteiger partial charge in [-0.3, -0.25) is 0 Å². The van der Waals surface area contributed by atoms with E-state index in [1.54, 1.807) is 0 Å². The van der Waals surface area contributed by atoms with E-state index in [0.717, 1.165) is 13.1 Å². The van der Waals surface area contributed by atoms with Crippen LogP contribution in [0.2, 0.25) is 0 Å². The summed E-state index contributed by atoms with van der Waals surface area (Å²) >= 11 is 2.08. The summed E-state index contributed by atoms with van der Waals surface area (Å²) in [7, 11) is 0. The monoisotopic (exact) mass is 216 g/mol. The molecule has 1 heterocycles. The van der Waals surface area contributed by atoms with E-state index in [1.165, 1.54) is 18.8 Å². The van der Waals surface area contributed by atoms with Crippen LogP contribution in [0, 0.1) is 5.41 Å². The van der Waals surface area contributed by atoms with Crippen LogP contribution >= 0.6 is 11.8 Å². The molecule has 0 aromatic rings. The predicted molar refractivity (Wildman–Crippen MR) is 65.8 cm³/mol. The third-order valence-corrected chi connectivity index (χ3v) is 4.01. The molecule has 3 heteroatoms. The fraction of sp³-hybridized carbons (Fsp3) is 1.00. The third kappa shape index (κ3) is 3.79. The maximum atomic E-state index is 5.76. The van der Waals surface area contributed by atoms with Crippen molar-refractivity contribution in [1.82, 2.24) is 4.90 Å². The van der Waals surface area contributed by atoms with E-state index in [9.17, 15) is 0 Å². The molecular formula is C11H24N2S. The largest absolute Gasteiger partial charge is 0.330 e. The minimum Gasteiger partial charge on any atom is -0.330 e. The van der Waals surface area contributed by atoms with Gasteiger partial charge in [0.2, 0.25) is 0 Å². The summed E-state index contributed by atoms with van der Waals surface area (Å²) in [4.78, 5) is 2.56. The Morgan fingerprint density at radius 1 is 1.43 bits per heavy atom. The topological polar surface area (TPSA) is 29.3 Å². The number of hydrogen-bond acceptors (Lipinski definition) is 3. The first-order valence-corrected chi connectivity index (χ1v) is 6.40. The Morgan fingerprint density at radius 2 is 2.07 bits per heavy atom. The zero-order chi connectivity index (χ0) is 10.8. The van der Waals surface area contributed by atoms with E-state index in [1.807, 2.05) is 0 Å². The number of thioether (sulfide) groups is 1. The number of nitrogens with zero attached hydrogens (tertiary/aromatic N) is 1. The lowest BCUT2D eigenvalue weighted by molar-refractivity contribution is 0.176. The van der Waals surface area contributed by atoms with Crippen molar-refractivity contribution in [3.8, 4) is 0 Å². The highest BCUT2D eigenvalue weighted by molar-refractivity contribution is 8.00. The van der Waals surface area contributed by atoms with E-state index in [0.29, 0.717) is 4.75 Å². The van der Waals surface area contributed by atoms with Gasteiger partial charge in [0.1, 0.15) is 0 Å². The van der Waals surface area contributed by atoms with E-state index in [4.69, 9.17) is 5.73 Å². The average molecular weight is 216 g/mol. The van der Waals surface area contributed by atoms with Crippen molar-refractivity contribution >= 4 is 11.8 Å². The summed E-state index contributed by atoms with van der Waals surface area (Å²) in [5.41, 5.74) is 6.02. The van der Waals surface area contributed by atoms with Crippen molar-refractivity contribution in [3.63, 3.8) is 0 Å². The van der Waals surface area contributed by atoms with Crippen LogP contribution < -0.4 is 5.73 Å². The van der Waals surface area contributed by atoms with E-state index >= 15 is 0 Å². The van der Waals surface area contributed by atoms with Crippen molar-refractivity contribution in [2.75, 3.05) is 31.9 Å². The highest BCUT2D eigenvalue weighted by atomic mass is 32.2. The molecule has 1 aliphatic rings. The molecule has 0 spiro atoms. The Labute approximate surface area is 92.6 Å². The molecule has 0 aromatic carbocycles. The van der Waals surface area contributed by atoms with Crippen molar-refractivity contribution in [1.29, 1.82) is 0 Å². The quantitative estimate of drug-likeness (QED) is 0.780. The highest BCUT2D eigenvalue weighted by Gasteiger charge is 2.29. The molecule has 84 valence electrons. The molecule has 1 rings (SSSR count). The first kappa shape index (κ1) is 12.3. The van der Waals surface area contributed by atoms with Crippen LogP contribution in [-0.2, 0) is 0 Å². The van der Waals surface area contributed by atoms with Gasteiger partial charge in [0.15, 0.2) is 0 Å². The first-order valence-electron chi connectivity index (χ1n) is 5.41. The lowest BCUT2D eigenvalue weighted by Crippen LogP contribution is -2.48. The van der Waals surface area contributed by atoms with Gasteiger partial charge in [-0.05, 0) is 25.8 Å². The van der Waals surface area contributed by atoms with E-state index in [-0.39, 0.29) is 5.41 Å².